The Labute approximate surface area is 193 Å². The third-order valence-corrected chi connectivity index (χ3v) is 8.00. The van der Waals surface area contributed by atoms with Crippen LogP contribution in [0.1, 0.15) is 33.2 Å². The molecule has 0 aliphatic carbocycles. The average Bonchev–Trinajstić information content (AvgIpc) is 3.07. The predicted octanol–water partition coefficient (Wildman–Crippen LogP) is 0.924. The molecule has 1 N–H and O–H groups in total. The Hall–Kier alpha value is -3.08. The molecular weight excluding hydrogens is 444 g/mol. The van der Waals surface area contributed by atoms with Crippen molar-refractivity contribution in [3.63, 3.8) is 0 Å². The van der Waals surface area contributed by atoms with Crippen molar-refractivity contribution in [3.05, 3.63) is 65.2 Å². The van der Waals surface area contributed by atoms with Crippen LogP contribution in [0.2, 0.25) is 0 Å². The van der Waals surface area contributed by atoms with Crippen molar-refractivity contribution < 1.29 is 22.8 Å². The maximum Gasteiger partial charge on any atom is 0.262 e. The molecule has 10 heteroatoms. The SMILES string of the molecule is CC(C(=O)NCc1ccc(S(=O)(=O)N2CCN(C)CC2)cc1)N1C(=O)c2ccccc2C1=O. The number of nitrogens with zero attached hydrogens (tertiary/aromatic N) is 3. The van der Waals surface area contributed by atoms with Crippen molar-refractivity contribution in [2.75, 3.05) is 33.2 Å². The maximum absolute atomic E-state index is 12.8. The number of piperazine rings is 1. The van der Waals surface area contributed by atoms with Gasteiger partial charge in [-0.05, 0) is 43.8 Å². The molecule has 1 atom stereocenters. The highest BCUT2D eigenvalue weighted by molar-refractivity contribution is 7.89. The Balaban J connectivity index is 1.37. The number of nitrogens with one attached hydrogen (secondary N) is 1. The molecule has 2 aliphatic heterocycles. The Kier molecular flexibility index (Phi) is 6.33. The molecular formula is C23H26N4O5S. The molecule has 174 valence electrons. The first-order valence-corrected chi connectivity index (χ1v) is 12.2. The van der Waals surface area contributed by atoms with Crippen molar-refractivity contribution in [3.8, 4) is 0 Å². The molecule has 0 saturated carbocycles. The summed E-state index contributed by atoms with van der Waals surface area (Å²) in [5.41, 5.74) is 1.29. The normalized spacial score (nSPS) is 18.3. The van der Waals surface area contributed by atoms with Crippen LogP contribution in [0.4, 0.5) is 0 Å². The maximum atomic E-state index is 12.8. The summed E-state index contributed by atoms with van der Waals surface area (Å²) in [6, 6.07) is 11.9. The van der Waals surface area contributed by atoms with Gasteiger partial charge in [-0.25, -0.2) is 8.42 Å². The third-order valence-electron chi connectivity index (χ3n) is 6.08. The van der Waals surface area contributed by atoms with E-state index in [9.17, 15) is 22.8 Å². The molecule has 2 aromatic carbocycles. The number of hydrogen-bond donors (Lipinski definition) is 1. The number of rotatable bonds is 6. The molecule has 1 saturated heterocycles. The predicted molar refractivity (Wildman–Crippen MR) is 121 cm³/mol. The Morgan fingerprint density at radius 3 is 2.03 bits per heavy atom. The van der Waals surface area contributed by atoms with Gasteiger partial charge in [-0.15, -0.1) is 0 Å². The van der Waals surface area contributed by atoms with Gasteiger partial charge in [0.25, 0.3) is 11.8 Å². The second kappa shape index (κ2) is 9.05. The number of carbonyl (C=O) groups excluding carboxylic acids is 3. The molecule has 0 spiro atoms. The monoisotopic (exact) mass is 470 g/mol. The summed E-state index contributed by atoms with van der Waals surface area (Å²) in [4.78, 5) is 41.0. The van der Waals surface area contributed by atoms with Crippen LogP contribution in [0.3, 0.4) is 0 Å². The summed E-state index contributed by atoms with van der Waals surface area (Å²) in [6.45, 7) is 3.92. The van der Waals surface area contributed by atoms with E-state index in [0.717, 1.165) is 4.90 Å². The zero-order valence-electron chi connectivity index (χ0n) is 18.5. The number of amides is 3. The van der Waals surface area contributed by atoms with Gasteiger partial charge >= 0.3 is 0 Å². The van der Waals surface area contributed by atoms with E-state index in [2.05, 4.69) is 10.2 Å². The molecule has 33 heavy (non-hydrogen) atoms. The van der Waals surface area contributed by atoms with Crippen LogP contribution in [-0.2, 0) is 21.4 Å². The number of fused-ring (bicyclic) bond motifs is 1. The van der Waals surface area contributed by atoms with E-state index in [0.29, 0.717) is 42.9 Å². The Morgan fingerprint density at radius 2 is 1.48 bits per heavy atom. The number of likely N-dealkylation sites (N-methyl/N-ethyl adjacent to an activating group) is 1. The van der Waals surface area contributed by atoms with E-state index in [1.807, 2.05) is 7.05 Å². The van der Waals surface area contributed by atoms with E-state index in [1.165, 1.54) is 23.4 Å². The fourth-order valence-corrected chi connectivity index (χ4v) is 5.39. The van der Waals surface area contributed by atoms with Crippen molar-refractivity contribution in [1.82, 2.24) is 19.4 Å². The van der Waals surface area contributed by atoms with Crippen molar-refractivity contribution in [2.45, 2.75) is 24.4 Å². The molecule has 3 amide bonds. The Morgan fingerprint density at radius 1 is 0.939 bits per heavy atom. The number of imide groups is 1. The summed E-state index contributed by atoms with van der Waals surface area (Å²) in [7, 11) is -1.60. The minimum absolute atomic E-state index is 0.140. The lowest BCUT2D eigenvalue weighted by Gasteiger charge is -2.31. The smallest absolute Gasteiger partial charge is 0.262 e. The molecule has 1 fully saturated rings. The third kappa shape index (κ3) is 4.41. The zero-order chi connectivity index (χ0) is 23.8. The van der Waals surface area contributed by atoms with E-state index >= 15 is 0 Å². The van der Waals surface area contributed by atoms with Gasteiger partial charge in [0, 0.05) is 32.7 Å². The fraction of sp³-hybridized carbons (Fsp3) is 0.348. The molecule has 2 heterocycles. The second-order valence-corrected chi connectivity index (χ2v) is 10.2. The van der Waals surface area contributed by atoms with Crippen LogP contribution >= 0.6 is 0 Å². The molecule has 9 nitrogen and oxygen atoms in total. The minimum Gasteiger partial charge on any atom is -0.350 e. The molecule has 0 radical (unpaired) electrons. The number of carbonyl (C=O) groups is 3. The highest BCUT2D eigenvalue weighted by Crippen LogP contribution is 2.24. The molecule has 2 aliphatic rings. The van der Waals surface area contributed by atoms with Gasteiger partial charge < -0.3 is 10.2 Å². The first-order chi connectivity index (χ1) is 15.7. The first-order valence-electron chi connectivity index (χ1n) is 10.7. The summed E-state index contributed by atoms with van der Waals surface area (Å²) in [5, 5.41) is 2.72. The first kappa shape index (κ1) is 23.1. The second-order valence-electron chi connectivity index (χ2n) is 8.27. The fourth-order valence-electron chi connectivity index (χ4n) is 3.97. The van der Waals surface area contributed by atoms with Crippen molar-refractivity contribution in [1.29, 1.82) is 0 Å². The van der Waals surface area contributed by atoms with E-state index in [4.69, 9.17) is 0 Å². The summed E-state index contributed by atoms with van der Waals surface area (Å²) >= 11 is 0. The van der Waals surface area contributed by atoms with Crippen molar-refractivity contribution in [2.24, 2.45) is 0 Å². The topological polar surface area (TPSA) is 107 Å². The van der Waals surface area contributed by atoms with Crippen LogP contribution in [0.25, 0.3) is 0 Å². The molecule has 1 unspecified atom stereocenters. The van der Waals surface area contributed by atoms with Gasteiger partial charge in [0.1, 0.15) is 6.04 Å². The van der Waals surface area contributed by atoms with Crippen LogP contribution in [-0.4, -0.2) is 79.5 Å². The summed E-state index contributed by atoms with van der Waals surface area (Å²) in [5.74, 6) is -1.45. The lowest BCUT2D eigenvalue weighted by Crippen LogP contribution is -2.47. The van der Waals surface area contributed by atoms with Crippen LogP contribution in [0, 0.1) is 0 Å². The number of sulfonamides is 1. The van der Waals surface area contributed by atoms with Gasteiger partial charge in [0.05, 0.1) is 16.0 Å². The van der Waals surface area contributed by atoms with Gasteiger partial charge in [-0.3, -0.25) is 19.3 Å². The van der Waals surface area contributed by atoms with Crippen molar-refractivity contribution >= 4 is 27.7 Å². The van der Waals surface area contributed by atoms with Crippen LogP contribution in [0.5, 0.6) is 0 Å². The minimum atomic E-state index is -3.56. The van der Waals surface area contributed by atoms with Gasteiger partial charge in [0.2, 0.25) is 15.9 Å². The van der Waals surface area contributed by atoms with E-state index in [1.54, 1.807) is 36.4 Å². The van der Waals surface area contributed by atoms with Gasteiger partial charge in [-0.2, -0.15) is 4.31 Å². The lowest BCUT2D eigenvalue weighted by atomic mass is 10.1. The number of hydrogen-bond acceptors (Lipinski definition) is 6. The zero-order valence-corrected chi connectivity index (χ0v) is 19.3. The summed E-state index contributed by atoms with van der Waals surface area (Å²) in [6.07, 6.45) is 0. The lowest BCUT2D eigenvalue weighted by molar-refractivity contribution is -0.124. The van der Waals surface area contributed by atoms with Crippen LogP contribution in [0.15, 0.2) is 53.4 Å². The standard InChI is InChI=1S/C23H26N4O5S/c1-16(27-22(29)19-5-3-4-6-20(19)23(27)30)21(28)24-15-17-7-9-18(10-8-17)33(31,32)26-13-11-25(2)12-14-26/h3-10,16H,11-15H2,1-2H3,(H,24,28). The molecule has 0 bridgehead atoms. The number of benzene rings is 2. The van der Waals surface area contributed by atoms with Gasteiger partial charge in [-0.1, -0.05) is 24.3 Å². The average molecular weight is 471 g/mol. The molecule has 2 aromatic rings. The summed E-state index contributed by atoms with van der Waals surface area (Å²) < 4.78 is 27.1. The largest absolute Gasteiger partial charge is 0.350 e. The van der Waals surface area contributed by atoms with Gasteiger partial charge in [0.15, 0.2) is 0 Å². The molecule has 0 aromatic heterocycles. The Bertz CT molecular complexity index is 1150. The quantitative estimate of drug-likeness (QED) is 0.630. The van der Waals surface area contributed by atoms with E-state index < -0.39 is 33.8 Å². The van der Waals surface area contributed by atoms with Crippen LogP contribution < -0.4 is 5.32 Å². The molecule has 4 rings (SSSR count). The highest BCUT2D eigenvalue weighted by Gasteiger charge is 2.40. The van der Waals surface area contributed by atoms with E-state index in [-0.39, 0.29) is 11.4 Å². The highest BCUT2D eigenvalue weighted by atomic mass is 32.2.